The zero-order valence-electron chi connectivity index (χ0n) is 12.2. The van der Waals surface area contributed by atoms with Gasteiger partial charge in [-0.05, 0) is 30.8 Å². The highest BCUT2D eigenvalue weighted by Gasteiger charge is 1.93. The molecule has 3 heteroatoms. The minimum absolute atomic E-state index is 0.368. The van der Waals surface area contributed by atoms with Crippen LogP contribution in [0.1, 0.15) is 71.1 Å². The van der Waals surface area contributed by atoms with Gasteiger partial charge in [0.1, 0.15) is 0 Å². The van der Waals surface area contributed by atoms with E-state index in [4.69, 9.17) is 5.11 Å². The normalized spacial score (nSPS) is 11.0. The largest absolute Gasteiger partial charge is 0.396 e. The summed E-state index contributed by atoms with van der Waals surface area (Å²) in [6, 6.07) is 0. The number of aliphatic hydroxyl groups excluding tert-OH is 1. The summed E-state index contributed by atoms with van der Waals surface area (Å²) in [4.78, 5) is 0. The van der Waals surface area contributed by atoms with Gasteiger partial charge in [-0.1, -0.05) is 51.9 Å². The van der Waals surface area contributed by atoms with Gasteiger partial charge in [0.05, 0.1) is 0 Å². The van der Waals surface area contributed by atoms with E-state index in [2.05, 4.69) is 30.4 Å². The lowest BCUT2D eigenvalue weighted by Gasteiger charge is -2.03. The quantitative estimate of drug-likeness (QED) is 0.326. The first-order valence-electron chi connectivity index (χ1n) is 7.68. The third-order valence-electron chi connectivity index (χ3n) is 3.01. The van der Waals surface area contributed by atoms with E-state index in [0.29, 0.717) is 6.61 Å². The molecule has 0 bridgehead atoms. The van der Waals surface area contributed by atoms with Crippen LogP contribution in [0.25, 0.3) is 0 Å². The van der Waals surface area contributed by atoms with Crippen LogP contribution < -0.4 is 0 Å². The maximum absolute atomic E-state index is 8.65. The lowest BCUT2D eigenvalue weighted by atomic mass is 10.1. The van der Waals surface area contributed by atoms with Gasteiger partial charge in [-0.2, -0.15) is 23.5 Å². The highest BCUT2D eigenvalue weighted by molar-refractivity contribution is 8.15. The average molecular weight is 293 g/mol. The third kappa shape index (κ3) is 16.7. The molecule has 0 spiro atoms. The van der Waals surface area contributed by atoms with Crippen molar-refractivity contribution in [2.45, 2.75) is 71.1 Å². The maximum atomic E-state index is 8.65. The van der Waals surface area contributed by atoms with Gasteiger partial charge in [0, 0.05) is 11.7 Å². The molecule has 0 saturated heterocycles. The molecule has 1 N–H and O–H groups in total. The first-order valence-corrected chi connectivity index (χ1v) is 9.99. The van der Waals surface area contributed by atoms with Crippen molar-refractivity contribution in [1.82, 2.24) is 0 Å². The van der Waals surface area contributed by atoms with Gasteiger partial charge in [-0.3, -0.25) is 0 Å². The second kappa shape index (κ2) is 17.7. The molecule has 0 fully saturated rings. The maximum Gasteiger partial charge on any atom is 0.0431 e. The first-order chi connectivity index (χ1) is 8.91. The molecule has 0 aliphatic rings. The highest BCUT2D eigenvalue weighted by atomic mass is 32.2. The summed E-state index contributed by atoms with van der Waals surface area (Å²) in [7, 11) is 0. The number of aliphatic hydroxyl groups is 1. The van der Waals surface area contributed by atoms with Crippen LogP contribution >= 0.6 is 23.5 Å². The van der Waals surface area contributed by atoms with E-state index in [0.717, 1.165) is 6.42 Å². The summed E-state index contributed by atoms with van der Waals surface area (Å²) in [5, 5.41) is 9.94. The SMILES string of the molecule is CCCCCSCSCCCCCCCCCO. The molecule has 0 aromatic carbocycles. The van der Waals surface area contributed by atoms with Crippen LogP contribution in [0.15, 0.2) is 0 Å². The molecule has 110 valence electrons. The zero-order chi connectivity index (χ0) is 13.3. The van der Waals surface area contributed by atoms with Crippen molar-refractivity contribution in [3.8, 4) is 0 Å². The molecule has 1 nitrogen and oxygen atoms in total. The Kier molecular flexibility index (Phi) is 18.3. The van der Waals surface area contributed by atoms with Crippen molar-refractivity contribution in [1.29, 1.82) is 0 Å². The fourth-order valence-electron chi connectivity index (χ4n) is 1.83. The number of hydrogen-bond donors (Lipinski definition) is 1. The monoisotopic (exact) mass is 292 g/mol. The Labute approximate surface area is 123 Å². The molecule has 0 heterocycles. The Morgan fingerprint density at radius 3 is 1.72 bits per heavy atom. The van der Waals surface area contributed by atoms with Crippen molar-refractivity contribution in [2.75, 3.05) is 23.2 Å². The van der Waals surface area contributed by atoms with Gasteiger partial charge < -0.3 is 5.11 Å². The molecule has 0 rings (SSSR count). The van der Waals surface area contributed by atoms with Gasteiger partial charge >= 0.3 is 0 Å². The number of thioether (sulfide) groups is 2. The highest BCUT2D eigenvalue weighted by Crippen LogP contribution is 2.16. The average Bonchev–Trinajstić information content (AvgIpc) is 2.39. The second-order valence-electron chi connectivity index (χ2n) is 4.84. The molecule has 0 unspecified atom stereocenters. The van der Waals surface area contributed by atoms with Gasteiger partial charge in [0.2, 0.25) is 0 Å². The Hall–Kier alpha value is 0.660. The minimum Gasteiger partial charge on any atom is -0.396 e. The lowest BCUT2D eigenvalue weighted by molar-refractivity contribution is 0.282. The molecule has 0 saturated carbocycles. The minimum atomic E-state index is 0.368. The van der Waals surface area contributed by atoms with Crippen LogP contribution in [-0.4, -0.2) is 28.3 Å². The van der Waals surface area contributed by atoms with Crippen molar-refractivity contribution >= 4 is 23.5 Å². The second-order valence-corrected chi connectivity index (χ2v) is 7.42. The molecule has 0 aliphatic carbocycles. The third-order valence-corrected chi connectivity index (χ3v) is 5.49. The fraction of sp³-hybridized carbons (Fsp3) is 1.00. The fourth-order valence-corrected chi connectivity index (χ4v) is 4.06. The molecular weight excluding hydrogens is 260 g/mol. The van der Waals surface area contributed by atoms with E-state index in [1.165, 1.54) is 74.4 Å². The smallest absolute Gasteiger partial charge is 0.0431 e. The molecule has 0 radical (unpaired) electrons. The lowest BCUT2D eigenvalue weighted by Crippen LogP contribution is -1.86. The van der Waals surface area contributed by atoms with Gasteiger partial charge in [-0.25, -0.2) is 0 Å². The number of hydrogen-bond acceptors (Lipinski definition) is 3. The van der Waals surface area contributed by atoms with Crippen LogP contribution in [0.5, 0.6) is 0 Å². The predicted molar refractivity (Wildman–Crippen MR) is 88.7 cm³/mol. The Balaban J connectivity index is 2.86. The van der Waals surface area contributed by atoms with Crippen molar-refractivity contribution in [3.63, 3.8) is 0 Å². The molecule has 0 aromatic heterocycles. The van der Waals surface area contributed by atoms with Crippen molar-refractivity contribution < 1.29 is 5.11 Å². The van der Waals surface area contributed by atoms with Gasteiger partial charge in [0.15, 0.2) is 0 Å². The van der Waals surface area contributed by atoms with Crippen molar-refractivity contribution in [3.05, 3.63) is 0 Å². The van der Waals surface area contributed by atoms with Crippen molar-refractivity contribution in [2.24, 2.45) is 0 Å². The van der Waals surface area contributed by atoms with Crippen LogP contribution in [0.4, 0.5) is 0 Å². The van der Waals surface area contributed by atoms with E-state index in [-0.39, 0.29) is 0 Å². The Bertz CT molecular complexity index is 126. The first kappa shape index (κ1) is 18.7. The van der Waals surface area contributed by atoms with E-state index >= 15 is 0 Å². The number of unbranched alkanes of at least 4 members (excludes halogenated alkanes) is 8. The van der Waals surface area contributed by atoms with Crippen LogP contribution in [0.2, 0.25) is 0 Å². The van der Waals surface area contributed by atoms with E-state index in [1.807, 2.05) is 0 Å². The molecule has 0 atom stereocenters. The molecule has 0 aliphatic heterocycles. The summed E-state index contributed by atoms with van der Waals surface area (Å²) >= 11 is 4.22. The zero-order valence-corrected chi connectivity index (χ0v) is 13.8. The Morgan fingerprint density at radius 1 is 0.667 bits per heavy atom. The van der Waals surface area contributed by atoms with E-state index in [9.17, 15) is 0 Å². The summed E-state index contributed by atoms with van der Waals surface area (Å²) in [5.74, 6) is 2.70. The molecular formula is C15H32OS2. The van der Waals surface area contributed by atoms with Gasteiger partial charge in [-0.15, -0.1) is 0 Å². The van der Waals surface area contributed by atoms with Gasteiger partial charge in [0.25, 0.3) is 0 Å². The molecule has 0 aromatic rings. The topological polar surface area (TPSA) is 20.2 Å². The van der Waals surface area contributed by atoms with Crippen LogP contribution in [0.3, 0.4) is 0 Å². The summed E-state index contributed by atoms with van der Waals surface area (Å²) in [5.41, 5.74) is 0. The van der Waals surface area contributed by atoms with Crippen LogP contribution in [-0.2, 0) is 0 Å². The standard InChI is InChI=1S/C15H32OS2/c1-2-3-10-13-17-15-18-14-11-8-6-4-5-7-9-12-16/h16H,2-15H2,1H3. The summed E-state index contributed by atoms with van der Waals surface area (Å²) < 4.78 is 0. The summed E-state index contributed by atoms with van der Waals surface area (Å²) in [6.07, 6.45) is 13.2. The summed E-state index contributed by atoms with van der Waals surface area (Å²) in [6.45, 7) is 2.63. The van der Waals surface area contributed by atoms with E-state index < -0.39 is 0 Å². The molecule has 0 amide bonds. The number of rotatable bonds is 15. The van der Waals surface area contributed by atoms with Crippen LogP contribution in [0, 0.1) is 0 Å². The Morgan fingerprint density at radius 2 is 1.17 bits per heavy atom. The van der Waals surface area contributed by atoms with E-state index in [1.54, 1.807) is 0 Å². The molecule has 18 heavy (non-hydrogen) atoms. The predicted octanol–water partition coefficient (Wildman–Crippen LogP) is 5.32.